The summed E-state index contributed by atoms with van der Waals surface area (Å²) in [7, 11) is 0. The highest BCUT2D eigenvalue weighted by molar-refractivity contribution is 5.33. The molecule has 1 aromatic carbocycles. The van der Waals surface area contributed by atoms with E-state index < -0.39 is 0 Å². The fraction of sp³-hybridized carbons (Fsp3) is 0.647. The molecular weight excluding hydrogens is 234 g/mol. The Morgan fingerprint density at radius 1 is 1.05 bits per heavy atom. The summed E-state index contributed by atoms with van der Waals surface area (Å²) in [5.41, 5.74) is 8.97. The minimum atomic E-state index is -0.224. The minimum Gasteiger partial charge on any atom is -0.396 e. The van der Waals surface area contributed by atoms with E-state index in [4.69, 9.17) is 5.73 Å². The van der Waals surface area contributed by atoms with Crippen LogP contribution in [0.1, 0.15) is 63.5 Å². The Bertz CT molecular complexity index is 354. The molecule has 0 amide bonds. The normalized spacial score (nSPS) is 11.8. The Morgan fingerprint density at radius 3 is 2.16 bits per heavy atom. The van der Waals surface area contributed by atoms with E-state index in [1.165, 1.54) is 24.0 Å². The predicted molar refractivity (Wildman–Crippen MR) is 82.1 cm³/mol. The standard InChI is InChI=1S/C17H29NO/c1-3-5-12-17(18,13-6-4-2)16-10-8-7-9-15(16)11-14-19/h7-10,19H,3-6,11-14,18H2,1-2H3. The third kappa shape index (κ3) is 4.63. The fourth-order valence-electron chi connectivity index (χ4n) is 2.72. The van der Waals surface area contributed by atoms with Crippen molar-refractivity contribution in [3.63, 3.8) is 0 Å². The molecule has 3 N–H and O–H groups in total. The van der Waals surface area contributed by atoms with Gasteiger partial charge < -0.3 is 10.8 Å². The molecular formula is C17H29NO. The lowest BCUT2D eigenvalue weighted by Gasteiger charge is -2.32. The van der Waals surface area contributed by atoms with Gasteiger partial charge in [0.05, 0.1) is 0 Å². The summed E-state index contributed by atoms with van der Waals surface area (Å²) < 4.78 is 0. The summed E-state index contributed by atoms with van der Waals surface area (Å²) in [6.45, 7) is 4.61. The molecule has 0 spiro atoms. The summed E-state index contributed by atoms with van der Waals surface area (Å²) in [5, 5.41) is 9.22. The molecule has 19 heavy (non-hydrogen) atoms. The Hall–Kier alpha value is -0.860. The molecule has 0 saturated carbocycles. The second-order valence-electron chi connectivity index (χ2n) is 5.49. The highest BCUT2D eigenvalue weighted by Gasteiger charge is 2.27. The maximum atomic E-state index is 9.22. The van der Waals surface area contributed by atoms with Crippen molar-refractivity contribution in [2.75, 3.05) is 6.61 Å². The zero-order valence-electron chi connectivity index (χ0n) is 12.5. The van der Waals surface area contributed by atoms with Gasteiger partial charge >= 0.3 is 0 Å². The Balaban J connectivity index is 3.01. The summed E-state index contributed by atoms with van der Waals surface area (Å²) in [6.07, 6.45) is 7.44. The number of unbranched alkanes of at least 4 members (excludes halogenated alkanes) is 2. The number of aliphatic hydroxyl groups excluding tert-OH is 1. The van der Waals surface area contributed by atoms with Gasteiger partial charge in [0.15, 0.2) is 0 Å². The summed E-state index contributed by atoms with van der Waals surface area (Å²) in [4.78, 5) is 0. The van der Waals surface area contributed by atoms with Crippen LogP contribution in [-0.2, 0) is 12.0 Å². The lowest BCUT2D eigenvalue weighted by molar-refractivity contribution is 0.296. The maximum absolute atomic E-state index is 9.22. The number of rotatable bonds is 9. The van der Waals surface area contributed by atoms with Gasteiger partial charge in [-0.25, -0.2) is 0 Å². The van der Waals surface area contributed by atoms with E-state index in [1.54, 1.807) is 0 Å². The molecule has 108 valence electrons. The molecule has 0 aliphatic heterocycles. The van der Waals surface area contributed by atoms with Crippen molar-refractivity contribution in [1.82, 2.24) is 0 Å². The van der Waals surface area contributed by atoms with Crippen LogP contribution in [0.5, 0.6) is 0 Å². The molecule has 0 radical (unpaired) electrons. The monoisotopic (exact) mass is 263 g/mol. The SMILES string of the molecule is CCCCC(N)(CCCC)c1ccccc1CCO. The van der Waals surface area contributed by atoms with Crippen molar-refractivity contribution in [2.24, 2.45) is 5.73 Å². The smallest absolute Gasteiger partial charge is 0.0471 e. The molecule has 2 heteroatoms. The van der Waals surface area contributed by atoms with Crippen LogP contribution >= 0.6 is 0 Å². The first kappa shape index (κ1) is 16.2. The zero-order chi connectivity index (χ0) is 14.1. The van der Waals surface area contributed by atoms with Gasteiger partial charge in [0.2, 0.25) is 0 Å². The van der Waals surface area contributed by atoms with Crippen LogP contribution in [-0.4, -0.2) is 11.7 Å². The second-order valence-corrected chi connectivity index (χ2v) is 5.49. The van der Waals surface area contributed by atoms with Crippen LogP contribution in [0.15, 0.2) is 24.3 Å². The molecule has 0 aliphatic rings. The van der Waals surface area contributed by atoms with Crippen molar-refractivity contribution in [3.05, 3.63) is 35.4 Å². The topological polar surface area (TPSA) is 46.2 Å². The Kier molecular flexibility index (Phi) is 7.11. The molecule has 1 aromatic rings. The molecule has 0 bridgehead atoms. The van der Waals surface area contributed by atoms with Gasteiger partial charge in [-0.1, -0.05) is 63.8 Å². The van der Waals surface area contributed by atoms with Gasteiger partial charge in [-0.3, -0.25) is 0 Å². The molecule has 0 aromatic heterocycles. The second kappa shape index (κ2) is 8.34. The predicted octanol–water partition coefficient (Wildman–Crippen LogP) is 3.76. The van der Waals surface area contributed by atoms with Gasteiger partial charge in [-0.2, -0.15) is 0 Å². The fourth-order valence-corrected chi connectivity index (χ4v) is 2.72. The average Bonchev–Trinajstić information content (AvgIpc) is 2.44. The average molecular weight is 263 g/mol. The van der Waals surface area contributed by atoms with E-state index in [0.29, 0.717) is 6.42 Å². The first-order chi connectivity index (χ1) is 9.18. The number of aliphatic hydroxyl groups is 1. The first-order valence-corrected chi connectivity index (χ1v) is 7.66. The van der Waals surface area contributed by atoms with Crippen molar-refractivity contribution < 1.29 is 5.11 Å². The first-order valence-electron chi connectivity index (χ1n) is 7.66. The molecule has 0 aliphatic carbocycles. The van der Waals surface area contributed by atoms with E-state index in [2.05, 4.69) is 32.0 Å². The molecule has 0 heterocycles. The third-order valence-corrected chi connectivity index (χ3v) is 3.89. The molecule has 0 unspecified atom stereocenters. The number of hydrogen-bond donors (Lipinski definition) is 2. The van der Waals surface area contributed by atoms with Crippen molar-refractivity contribution in [1.29, 1.82) is 0 Å². The van der Waals surface area contributed by atoms with Crippen molar-refractivity contribution >= 4 is 0 Å². The van der Waals surface area contributed by atoms with Gasteiger partial charge in [-0.05, 0) is 30.4 Å². The highest BCUT2D eigenvalue weighted by atomic mass is 16.2. The Morgan fingerprint density at radius 2 is 1.63 bits per heavy atom. The maximum Gasteiger partial charge on any atom is 0.0471 e. The van der Waals surface area contributed by atoms with E-state index in [-0.39, 0.29) is 12.1 Å². The van der Waals surface area contributed by atoms with Gasteiger partial charge in [0.1, 0.15) is 0 Å². The molecule has 2 nitrogen and oxygen atoms in total. The summed E-state index contributed by atoms with van der Waals surface area (Å²) in [6, 6.07) is 8.35. The third-order valence-electron chi connectivity index (χ3n) is 3.89. The van der Waals surface area contributed by atoms with Crippen molar-refractivity contribution in [3.8, 4) is 0 Å². The van der Waals surface area contributed by atoms with Crippen LogP contribution < -0.4 is 5.73 Å². The van der Waals surface area contributed by atoms with E-state index in [1.807, 2.05) is 6.07 Å². The number of nitrogens with two attached hydrogens (primary N) is 1. The summed E-state index contributed by atoms with van der Waals surface area (Å²) >= 11 is 0. The van der Waals surface area contributed by atoms with Crippen LogP contribution in [0.3, 0.4) is 0 Å². The van der Waals surface area contributed by atoms with E-state index in [0.717, 1.165) is 25.7 Å². The van der Waals surface area contributed by atoms with Crippen molar-refractivity contribution in [2.45, 2.75) is 64.3 Å². The Labute approximate surface area is 118 Å². The van der Waals surface area contributed by atoms with Crippen LogP contribution in [0, 0.1) is 0 Å². The van der Waals surface area contributed by atoms with Gasteiger partial charge in [0, 0.05) is 12.1 Å². The quantitative estimate of drug-likeness (QED) is 0.712. The van der Waals surface area contributed by atoms with Gasteiger partial charge in [0.25, 0.3) is 0 Å². The molecule has 0 fully saturated rings. The summed E-state index contributed by atoms with van der Waals surface area (Å²) in [5.74, 6) is 0. The van der Waals surface area contributed by atoms with E-state index >= 15 is 0 Å². The van der Waals surface area contributed by atoms with Crippen LogP contribution in [0.25, 0.3) is 0 Å². The largest absolute Gasteiger partial charge is 0.396 e. The highest BCUT2D eigenvalue weighted by Crippen LogP contribution is 2.32. The van der Waals surface area contributed by atoms with Crippen LogP contribution in [0.4, 0.5) is 0 Å². The molecule has 0 atom stereocenters. The lowest BCUT2D eigenvalue weighted by Crippen LogP contribution is -2.37. The van der Waals surface area contributed by atoms with Crippen LogP contribution in [0.2, 0.25) is 0 Å². The molecule has 0 saturated heterocycles. The molecule has 1 rings (SSSR count). The zero-order valence-corrected chi connectivity index (χ0v) is 12.5. The van der Waals surface area contributed by atoms with Gasteiger partial charge in [-0.15, -0.1) is 0 Å². The number of hydrogen-bond acceptors (Lipinski definition) is 2. The number of benzene rings is 1. The van der Waals surface area contributed by atoms with E-state index in [9.17, 15) is 5.11 Å². The minimum absolute atomic E-state index is 0.189. The lowest BCUT2D eigenvalue weighted by atomic mass is 9.79.